The molecule has 15 heavy (non-hydrogen) atoms. The number of carbonyl (C=O) groups is 1. The Bertz CT molecular complexity index is 323. The van der Waals surface area contributed by atoms with E-state index in [1.807, 2.05) is 30.3 Å². The van der Waals surface area contributed by atoms with Gasteiger partial charge >= 0.3 is 0 Å². The van der Waals surface area contributed by atoms with Crippen molar-refractivity contribution in [2.24, 2.45) is 5.92 Å². The van der Waals surface area contributed by atoms with Gasteiger partial charge in [0.1, 0.15) is 0 Å². The zero-order valence-corrected chi connectivity index (χ0v) is 8.70. The van der Waals surface area contributed by atoms with Crippen molar-refractivity contribution in [1.29, 1.82) is 0 Å². The van der Waals surface area contributed by atoms with Gasteiger partial charge in [-0.05, 0) is 38.1 Å². The summed E-state index contributed by atoms with van der Waals surface area (Å²) in [4.78, 5) is 11.8. The van der Waals surface area contributed by atoms with Gasteiger partial charge in [0.2, 0.25) is 5.91 Å². The molecule has 1 fully saturated rings. The second kappa shape index (κ2) is 4.94. The fourth-order valence-corrected chi connectivity index (χ4v) is 1.85. The van der Waals surface area contributed by atoms with Gasteiger partial charge in [-0.15, -0.1) is 0 Å². The molecule has 0 radical (unpaired) electrons. The summed E-state index contributed by atoms with van der Waals surface area (Å²) in [6.07, 6.45) is 1.89. The smallest absolute Gasteiger partial charge is 0.227 e. The van der Waals surface area contributed by atoms with Crippen molar-refractivity contribution in [2.75, 3.05) is 18.4 Å². The Kier molecular flexibility index (Phi) is 3.35. The van der Waals surface area contributed by atoms with Crippen LogP contribution in [-0.2, 0) is 4.79 Å². The zero-order chi connectivity index (χ0) is 10.5. The second-order valence-electron chi connectivity index (χ2n) is 3.88. The van der Waals surface area contributed by atoms with Gasteiger partial charge in [-0.2, -0.15) is 0 Å². The monoisotopic (exact) mass is 206 g/mol. The third-order valence-electron chi connectivity index (χ3n) is 2.75. The van der Waals surface area contributed by atoms with Crippen molar-refractivity contribution in [1.82, 2.24) is 5.32 Å². The average molecular weight is 206 g/mol. The van der Waals surface area contributed by atoms with Gasteiger partial charge in [-0.25, -0.2) is 0 Å². The summed E-state index contributed by atoms with van der Waals surface area (Å²) >= 11 is 0. The van der Waals surface area contributed by atoms with Gasteiger partial charge in [-0.1, -0.05) is 18.2 Å². The molecule has 0 atom stereocenters. The van der Waals surface area contributed by atoms with E-state index in [2.05, 4.69) is 10.6 Å². The molecular weight excluding hydrogens is 188 g/mol. The van der Waals surface area contributed by atoms with E-state index in [-0.39, 0.29) is 13.3 Å². The molecule has 0 saturated carbocycles. The van der Waals surface area contributed by atoms with E-state index in [1.165, 1.54) is 0 Å². The van der Waals surface area contributed by atoms with Crippen LogP contribution < -0.4 is 10.6 Å². The number of hydrogen-bond donors (Lipinski definition) is 2. The van der Waals surface area contributed by atoms with Gasteiger partial charge < -0.3 is 10.6 Å². The molecular formula is C12H18N2O. The minimum absolute atomic E-state index is 0. The lowest BCUT2D eigenvalue weighted by Crippen LogP contribution is -2.34. The molecule has 3 heteroatoms. The Labute approximate surface area is 91.4 Å². The number of anilines is 1. The number of amides is 1. The number of piperidine rings is 1. The molecule has 1 aromatic rings. The highest BCUT2D eigenvalue weighted by atomic mass is 16.1. The van der Waals surface area contributed by atoms with E-state index in [4.69, 9.17) is 0 Å². The maximum Gasteiger partial charge on any atom is 0.227 e. The lowest BCUT2D eigenvalue weighted by Gasteiger charge is -2.21. The van der Waals surface area contributed by atoms with Crippen LogP contribution in [-0.4, -0.2) is 19.0 Å². The Balaban J connectivity index is 0.00000128. The fraction of sp³-hybridized carbons (Fsp3) is 0.417. The minimum Gasteiger partial charge on any atom is -0.326 e. The van der Waals surface area contributed by atoms with Crippen LogP contribution in [0, 0.1) is 5.92 Å². The van der Waals surface area contributed by atoms with Crippen molar-refractivity contribution in [2.45, 2.75) is 12.8 Å². The molecule has 1 aliphatic heterocycles. The third kappa shape index (κ3) is 2.80. The molecule has 1 amide bonds. The standard InChI is InChI=1S/C12H16N2O.H2/c15-12(10-6-8-13-9-7-10)14-11-4-2-1-3-5-11;/h1-5,10,13H,6-9H2,(H,14,15);1H. The third-order valence-corrected chi connectivity index (χ3v) is 2.75. The summed E-state index contributed by atoms with van der Waals surface area (Å²) < 4.78 is 0. The number of para-hydroxylation sites is 1. The largest absolute Gasteiger partial charge is 0.326 e. The maximum absolute atomic E-state index is 11.8. The highest BCUT2D eigenvalue weighted by Crippen LogP contribution is 2.15. The van der Waals surface area contributed by atoms with E-state index < -0.39 is 0 Å². The van der Waals surface area contributed by atoms with Gasteiger partial charge in [0.25, 0.3) is 0 Å². The van der Waals surface area contributed by atoms with Crippen molar-refractivity contribution < 1.29 is 6.22 Å². The van der Waals surface area contributed by atoms with E-state index in [0.29, 0.717) is 0 Å². The van der Waals surface area contributed by atoms with E-state index in [9.17, 15) is 4.79 Å². The first-order valence-electron chi connectivity index (χ1n) is 5.43. The molecule has 1 saturated heterocycles. The predicted octanol–water partition coefficient (Wildman–Crippen LogP) is 1.87. The highest BCUT2D eigenvalue weighted by Gasteiger charge is 2.20. The van der Waals surface area contributed by atoms with Crippen LogP contribution in [0.3, 0.4) is 0 Å². The summed E-state index contributed by atoms with van der Waals surface area (Å²) in [5.41, 5.74) is 0.890. The second-order valence-corrected chi connectivity index (χ2v) is 3.88. The zero-order valence-electron chi connectivity index (χ0n) is 8.70. The summed E-state index contributed by atoms with van der Waals surface area (Å²) in [7, 11) is 0. The number of hydrogen-bond acceptors (Lipinski definition) is 2. The quantitative estimate of drug-likeness (QED) is 0.775. The van der Waals surface area contributed by atoms with Crippen molar-refractivity contribution in [3.63, 3.8) is 0 Å². The van der Waals surface area contributed by atoms with Crippen LogP contribution in [0.1, 0.15) is 14.3 Å². The van der Waals surface area contributed by atoms with Crippen molar-refractivity contribution in [3.05, 3.63) is 30.3 Å². The van der Waals surface area contributed by atoms with Crippen molar-refractivity contribution >= 4 is 11.6 Å². The molecule has 0 bridgehead atoms. The minimum atomic E-state index is 0. The fourth-order valence-electron chi connectivity index (χ4n) is 1.85. The van der Waals surface area contributed by atoms with Crippen LogP contribution >= 0.6 is 0 Å². The van der Waals surface area contributed by atoms with Crippen molar-refractivity contribution in [3.8, 4) is 0 Å². The molecule has 82 valence electrons. The number of rotatable bonds is 2. The van der Waals surface area contributed by atoms with Gasteiger partial charge in [0, 0.05) is 13.0 Å². The predicted molar refractivity (Wildman–Crippen MR) is 62.8 cm³/mol. The van der Waals surface area contributed by atoms with E-state index >= 15 is 0 Å². The Morgan fingerprint density at radius 3 is 2.60 bits per heavy atom. The first-order valence-corrected chi connectivity index (χ1v) is 5.43. The SMILES string of the molecule is O=C(Nc1ccccc1)C1CCNCC1.[HH]. The normalized spacial score (nSPS) is 17.3. The summed E-state index contributed by atoms with van der Waals surface area (Å²) in [5, 5.41) is 6.20. The molecule has 0 aromatic heterocycles. The lowest BCUT2D eigenvalue weighted by molar-refractivity contribution is -0.120. The van der Waals surface area contributed by atoms with E-state index in [0.717, 1.165) is 31.6 Å². The first kappa shape index (κ1) is 10.2. The van der Waals surface area contributed by atoms with Gasteiger partial charge in [0.05, 0.1) is 0 Å². The number of benzene rings is 1. The lowest BCUT2D eigenvalue weighted by atomic mass is 9.97. The molecule has 1 aliphatic rings. The highest BCUT2D eigenvalue weighted by molar-refractivity contribution is 5.92. The van der Waals surface area contributed by atoms with Gasteiger partial charge in [0.15, 0.2) is 0 Å². The van der Waals surface area contributed by atoms with Crippen LogP contribution in [0.2, 0.25) is 0 Å². The van der Waals surface area contributed by atoms with Crippen LogP contribution in [0.5, 0.6) is 0 Å². The molecule has 0 aliphatic carbocycles. The van der Waals surface area contributed by atoms with Gasteiger partial charge in [-0.3, -0.25) is 4.79 Å². The summed E-state index contributed by atoms with van der Waals surface area (Å²) in [6, 6.07) is 9.63. The summed E-state index contributed by atoms with van der Waals surface area (Å²) in [6.45, 7) is 1.90. The molecule has 1 heterocycles. The van der Waals surface area contributed by atoms with E-state index in [1.54, 1.807) is 0 Å². The molecule has 2 rings (SSSR count). The average Bonchev–Trinajstić information content (AvgIpc) is 2.31. The number of nitrogens with one attached hydrogen (secondary N) is 2. The van der Waals surface area contributed by atoms with Crippen LogP contribution in [0.4, 0.5) is 5.69 Å². The molecule has 0 spiro atoms. The first-order chi connectivity index (χ1) is 7.36. The molecule has 1 aromatic carbocycles. The molecule has 2 N–H and O–H groups in total. The summed E-state index contributed by atoms with van der Waals surface area (Å²) in [5.74, 6) is 0.328. The maximum atomic E-state index is 11.8. The van der Waals surface area contributed by atoms with Crippen LogP contribution in [0.15, 0.2) is 30.3 Å². The Hall–Kier alpha value is -1.35. The topological polar surface area (TPSA) is 41.1 Å². The Morgan fingerprint density at radius 1 is 1.27 bits per heavy atom. The number of carbonyl (C=O) groups excluding carboxylic acids is 1. The Morgan fingerprint density at radius 2 is 1.93 bits per heavy atom. The molecule has 0 unspecified atom stereocenters. The molecule has 3 nitrogen and oxygen atoms in total. The van der Waals surface area contributed by atoms with Crippen LogP contribution in [0.25, 0.3) is 0 Å².